The molecule has 0 aliphatic carbocycles. The molecular weight excluding hydrogens is 256 g/mol. The molecule has 21 heavy (non-hydrogen) atoms. The van der Waals surface area contributed by atoms with Gasteiger partial charge in [-0.2, -0.15) is 0 Å². The van der Waals surface area contributed by atoms with Crippen LogP contribution in [-0.2, 0) is 6.42 Å². The molecule has 0 fully saturated rings. The topological polar surface area (TPSA) is 15.3 Å². The molecule has 2 aliphatic heterocycles. The summed E-state index contributed by atoms with van der Waals surface area (Å²) in [6.45, 7) is 11.5. The Balaban J connectivity index is 1.66. The fraction of sp³-hybridized carbons (Fsp3) is 0.579. The Hall–Kier alpha value is -1.12. The third-order valence-corrected chi connectivity index (χ3v) is 4.91. The fourth-order valence-corrected chi connectivity index (χ4v) is 3.57. The number of hydrogen-bond donors (Lipinski definition) is 1. The second-order valence-corrected chi connectivity index (χ2v) is 7.44. The Bertz CT molecular complexity index is 525. The van der Waals surface area contributed by atoms with Gasteiger partial charge >= 0.3 is 0 Å². The van der Waals surface area contributed by atoms with Crippen molar-refractivity contribution in [2.75, 3.05) is 26.2 Å². The van der Waals surface area contributed by atoms with Crippen LogP contribution in [0.5, 0.6) is 0 Å². The van der Waals surface area contributed by atoms with E-state index in [0.29, 0.717) is 11.5 Å². The SMILES string of the molecule is CC(C)(C)C1=CCN(CC2NCCc3ccccc32)CC1. The minimum Gasteiger partial charge on any atom is -0.309 e. The first-order valence-electron chi connectivity index (χ1n) is 8.27. The lowest BCUT2D eigenvalue weighted by molar-refractivity contribution is 0.245. The summed E-state index contributed by atoms with van der Waals surface area (Å²) in [5.41, 5.74) is 5.00. The largest absolute Gasteiger partial charge is 0.309 e. The van der Waals surface area contributed by atoms with E-state index >= 15 is 0 Å². The van der Waals surface area contributed by atoms with E-state index in [9.17, 15) is 0 Å². The molecule has 0 aromatic heterocycles. The summed E-state index contributed by atoms with van der Waals surface area (Å²) in [5, 5.41) is 3.70. The van der Waals surface area contributed by atoms with E-state index in [-0.39, 0.29) is 0 Å². The van der Waals surface area contributed by atoms with Gasteiger partial charge in [-0.25, -0.2) is 0 Å². The molecule has 2 heterocycles. The van der Waals surface area contributed by atoms with E-state index in [2.05, 4.69) is 61.3 Å². The van der Waals surface area contributed by atoms with Crippen molar-refractivity contribution in [1.82, 2.24) is 10.2 Å². The van der Waals surface area contributed by atoms with Crippen molar-refractivity contribution in [3.8, 4) is 0 Å². The smallest absolute Gasteiger partial charge is 0.0452 e. The highest BCUT2D eigenvalue weighted by Crippen LogP contribution is 2.31. The number of benzene rings is 1. The third-order valence-electron chi connectivity index (χ3n) is 4.91. The molecule has 0 spiro atoms. The Morgan fingerprint density at radius 1 is 1.19 bits per heavy atom. The first-order chi connectivity index (χ1) is 10.0. The molecule has 3 rings (SSSR count). The third kappa shape index (κ3) is 3.38. The van der Waals surface area contributed by atoms with E-state index in [1.807, 2.05) is 0 Å². The zero-order valence-electron chi connectivity index (χ0n) is 13.7. The van der Waals surface area contributed by atoms with Gasteiger partial charge in [0.15, 0.2) is 0 Å². The highest BCUT2D eigenvalue weighted by molar-refractivity contribution is 5.32. The van der Waals surface area contributed by atoms with Crippen molar-refractivity contribution >= 4 is 0 Å². The van der Waals surface area contributed by atoms with Crippen LogP contribution >= 0.6 is 0 Å². The lowest BCUT2D eigenvalue weighted by atomic mass is 9.83. The van der Waals surface area contributed by atoms with E-state index in [4.69, 9.17) is 0 Å². The lowest BCUT2D eigenvalue weighted by Gasteiger charge is -2.36. The molecule has 1 unspecified atom stereocenters. The van der Waals surface area contributed by atoms with Crippen molar-refractivity contribution in [2.45, 2.75) is 39.7 Å². The molecule has 1 aromatic carbocycles. The molecular formula is C19H28N2. The normalized spacial score (nSPS) is 23.6. The predicted molar refractivity (Wildman–Crippen MR) is 89.5 cm³/mol. The van der Waals surface area contributed by atoms with Crippen LogP contribution in [0, 0.1) is 5.41 Å². The quantitative estimate of drug-likeness (QED) is 0.836. The van der Waals surface area contributed by atoms with Crippen LogP contribution in [0.25, 0.3) is 0 Å². The van der Waals surface area contributed by atoms with E-state index in [1.165, 1.54) is 30.5 Å². The Kier molecular flexibility index (Phi) is 4.19. The maximum atomic E-state index is 3.70. The maximum Gasteiger partial charge on any atom is 0.0452 e. The van der Waals surface area contributed by atoms with Crippen LogP contribution < -0.4 is 5.32 Å². The summed E-state index contributed by atoms with van der Waals surface area (Å²) in [4.78, 5) is 2.59. The Morgan fingerprint density at radius 2 is 2.00 bits per heavy atom. The van der Waals surface area contributed by atoms with Crippen molar-refractivity contribution in [1.29, 1.82) is 0 Å². The first kappa shape index (κ1) is 14.8. The van der Waals surface area contributed by atoms with Crippen LogP contribution in [0.2, 0.25) is 0 Å². The van der Waals surface area contributed by atoms with Gasteiger partial charge in [0.25, 0.3) is 0 Å². The molecule has 0 amide bonds. The summed E-state index contributed by atoms with van der Waals surface area (Å²) >= 11 is 0. The van der Waals surface area contributed by atoms with Crippen molar-refractivity contribution in [2.24, 2.45) is 5.41 Å². The minimum absolute atomic E-state index is 0.335. The number of nitrogens with one attached hydrogen (secondary N) is 1. The van der Waals surface area contributed by atoms with Gasteiger partial charge in [-0.15, -0.1) is 0 Å². The fourth-order valence-electron chi connectivity index (χ4n) is 3.57. The molecule has 114 valence electrons. The summed E-state index contributed by atoms with van der Waals surface area (Å²) in [6, 6.07) is 9.43. The molecule has 1 N–H and O–H groups in total. The molecule has 0 saturated heterocycles. The number of fused-ring (bicyclic) bond motifs is 1. The zero-order chi connectivity index (χ0) is 14.9. The predicted octanol–water partition coefficient (Wildman–Crippen LogP) is 3.55. The van der Waals surface area contributed by atoms with Crippen LogP contribution in [0.1, 0.15) is 44.4 Å². The van der Waals surface area contributed by atoms with Crippen LogP contribution in [0.4, 0.5) is 0 Å². The molecule has 0 saturated carbocycles. The summed E-state index contributed by atoms with van der Waals surface area (Å²) in [5.74, 6) is 0. The number of hydrogen-bond acceptors (Lipinski definition) is 2. The number of nitrogens with zero attached hydrogens (tertiary/aromatic N) is 1. The Labute approximate surface area is 129 Å². The molecule has 1 aromatic rings. The zero-order valence-corrected chi connectivity index (χ0v) is 13.7. The van der Waals surface area contributed by atoms with Crippen LogP contribution in [-0.4, -0.2) is 31.1 Å². The second-order valence-electron chi connectivity index (χ2n) is 7.44. The number of rotatable bonds is 2. The maximum absolute atomic E-state index is 3.70. The van der Waals surface area contributed by atoms with Gasteiger partial charge in [0.05, 0.1) is 0 Å². The second kappa shape index (κ2) is 5.94. The van der Waals surface area contributed by atoms with Gasteiger partial charge in [-0.1, -0.05) is 56.7 Å². The van der Waals surface area contributed by atoms with Gasteiger partial charge < -0.3 is 5.32 Å². The van der Waals surface area contributed by atoms with Gasteiger partial charge in [-0.3, -0.25) is 4.90 Å². The lowest BCUT2D eigenvalue weighted by Crippen LogP contribution is -2.41. The van der Waals surface area contributed by atoms with Gasteiger partial charge in [0, 0.05) is 25.7 Å². The molecule has 2 aliphatic rings. The summed E-state index contributed by atoms with van der Waals surface area (Å²) in [7, 11) is 0. The highest BCUT2D eigenvalue weighted by Gasteiger charge is 2.25. The molecule has 0 bridgehead atoms. The highest BCUT2D eigenvalue weighted by atomic mass is 15.2. The van der Waals surface area contributed by atoms with E-state index < -0.39 is 0 Å². The summed E-state index contributed by atoms with van der Waals surface area (Å²) < 4.78 is 0. The average Bonchev–Trinajstić information content (AvgIpc) is 2.47. The van der Waals surface area contributed by atoms with Crippen molar-refractivity contribution < 1.29 is 0 Å². The summed E-state index contributed by atoms with van der Waals surface area (Å²) in [6.07, 6.45) is 4.84. The molecule has 1 atom stereocenters. The van der Waals surface area contributed by atoms with Crippen LogP contribution in [0.3, 0.4) is 0 Å². The monoisotopic (exact) mass is 284 g/mol. The van der Waals surface area contributed by atoms with E-state index in [0.717, 1.165) is 19.6 Å². The molecule has 2 nitrogen and oxygen atoms in total. The van der Waals surface area contributed by atoms with Gasteiger partial charge in [0.1, 0.15) is 0 Å². The van der Waals surface area contributed by atoms with Gasteiger partial charge in [-0.05, 0) is 35.9 Å². The van der Waals surface area contributed by atoms with Crippen molar-refractivity contribution in [3.05, 3.63) is 47.0 Å². The van der Waals surface area contributed by atoms with Gasteiger partial charge in [0.2, 0.25) is 0 Å². The first-order valence-corrected chi connectivity index (χ1v) is 8.27. The van der Waals surface area contributed by atoms with Crippen LogP contribution in [0.15, 0.2) is 35.9 Å². The molecule has 0 radical (unpaired) electrons. The van der Waals surface area contributed by atoms with E-state index in [1.54, 1.807) is 5.57 Å². The standard InChI is InChI=1S/C19H28N2/c1-19(2,3)16-9-12-21(13-10-16)14-18-17-7-5-4-6-15(17)8-11-20-18/h4-7,9,18,20H,8,10-14H2,1-3H3. The molecule has 2 heteroatoms. The minimum atomic E-state index is 0.335. The Morgan fingerprint density at radius 3 is 2.71 bits per heavy atom. The van der Waals surface area contributed by atoms with Crippen molar-refractivity contribution in [3.63, 3.8) is 0 Å². The average molecular weight is 284 g/mol.